The highest BCUT2D eigenvalue weighted by Gasteiger charge is 2.37. The van der Waals surface area contributed by atoms with E-state index in [4.69, 9.17) is 5.73 Å². The van der Waals surface area contributed by atoms with Gasteiger partial charge in [-0.05, 0) is 0 Å². The SMILES string of the molecule is NC1CN(c2nc(C(F)(F)F)ns2)C1. The van der Waals surface area contributed by atoms with Crippen LogP contribution in [0.4, 0.5) is 18.3 Å². The minimum absolute atomic E-state index is 0.0354. The van der Waals surface area contributed by atoms with Crippen molar-refractivity contribution >= 4 is 16.7 Å². The molecular weight excluding hydrogens is 217 g/mol. The van der Waals surface area contributed by atoms with Crippen LogP contribution in [-0.4, -0.2) is 28.5 Å². The maximum absolute atomic E-state index is 12.1. The third-order valence-electron chi connectivity index (χ3n) is 1.85. The number of rotatable bonds is 1. The van der Waals surface area contributed by atoms with Crippen molar-refractivity contribution in [2.45, 2.75) is 12.2 Å². The molecule has 0 saturated carbocycles. The lowest BCUT2D eigenvalue weighted by Gasteiger charge is -2.36. The Hall–Kier alpha value is -0.890. The number of nitrogens with zero attached hydrogens (tertiary/aromatic N) is 3. The molecule has 0 amide bonds. The zero-order valence-electron chi connectivity index (χ0n) is 6.95. The molecule has 8 heteroatoms. The summed E-state index contributed by atoms with van der Waals surface area (Å²) >= 11 is 0.752. The molecule has 2 rings (SSSR count). The molecule has 78 valence electrons. The van der Waals surface area contributed by atoms with Crippen molar-refractivity contribution in [3.63, 3.8) is 0 Å². The van der Waals surface area contributed by atoms with E-state index >= 15 is 0 Å². The van der Waals surface area contributed by atoms with Gasteiger partial charge >= 0.3 is 6.18 Å². The van der Waals surface area contributed by atoms with Gasteiger partial charge in [0.2, 0.25) is 11.0 Å². The lowest BCUT2D eigenvalue weighted by Crippen LogP contribution is -2.55. The van der Waals surface area contributed by atoms with Crippen LogP contribution < -0.4 is 10.6 Å². The fourth-order valence-electron chi connectivity index (χ4n) is 1.13. The van der Waals surface area contributed by atoms with Crippen LogP contribution in [-0.2, 0) is 6.18 Å². The Balaban J connectivity index is 2.11. The normalized spacial score (nSPS) is 18.4. The minimum Gasteiger partial charge on any atom is -0.344 e. The largest absolute Gasteiger partial charge is 0.452 e. The first-order chi connectivity index (χ1) is 6.47. The van der Waals surface area contributed by atoms with Crippen molar-refractivity contribution in [3.8, 4) is 0 Å². The van der Waals surface area contributed by atoms with Gasteiger partial charge in [0.15, 0.2) is 0 Å². The zero-order chi connectivity index (χ0) is 10.3. The molecule has 0 aromatic carbocycles. The second kappa shape index (κ2) is 3.06. The molecule has 0 spiro atoms. The quantitative estimate of drug-likeness (QED) is 0.763. The molecule has 2 N–H and O–H groups in total. The van der Waals surface area contributed by atoms with Gasteiger partial charge in [-0.1, -0.05) is 0 Å². The topological polar surface area (TPSA) is 55.0 Å². The first-order valence-corrected chi connectivity index (χ1v) is 4.65. The molecule has 14 heavy (non-hydrogen) atoms. The summed E-state index contributed by atoms with van der Waals surface area (Å²) in [7, 11) is 0. The molecule has 0 bridgehead atoms. The summed E-state index contributed by atoms with van der Waals surface area (Å²) < 4.78 is 39.5. The van der Waals surface area contributed by atoms with E-state index in [1.54, 1.807) is 4.90 Å². The van der Waals surface area contributed by atoms with Gasteiger partial charge in [0.25, 0.3) is 0 Å². The van der Waals surface area contributed by atoms with Gasteiger partial charge in [-0.3, -0.25) is 0 Å². The maximum Gasteiger partial charge on any atom is 0.452 e. The Labute approximate surface area is 81.7 Å². The van der Waals surface area contributed by atoms with Crippen LogP contribution in [0.15, 0.2) is 0 Å². The summed E-state index contributed by atoms with van der Waals surface area (Å²) in [5, 5.41) is 0.291. The highest BCUT2D eigenvalue weighted by atomic mass is 32.1. The Morgan fingerprint density at radius 2 is 2.07 bits per heavy atom. The van der Waals surface area contributed by atoms with Crippen molar-refractivity contribution < 1.29 is 13.2 Å². The number of hydrogen-bond donors (Lipinski definition) is 1. The fourth-order valence-corrected chi connectivity index (χ4v) is 1.83. The van der Waals surface area contributed by atoms with Crippen LogP contribution >= 0.6 is 11.5 Å². The van der Waals surface area contributed by atoms with Gasteiger partial charge in [0, 0.05) is 30.7 Å². The van der Waals surface area contributed by atoms with E-state index in [2.05, 4.69) is 9.36 Å². The van der Waals surface area contributed by atoms with Gasteiger partial charge in [-0.15, -0.1) is 0 Å². The Bertz CT molecular complexity index is 330. The van der Waals surface area contributed by atoms with E-state index in [9.17, 15) is 13.2 Å². The first kappa shape index (κ1) is 9.66. The minimum atomic E-state index is -4.46. The van der Waals surface area contributed by atoms with Crippen molar-refractivity contribution in [2.75, 3.05) is 18.0 Å². The third kappa shape index (κ3) is 1.67. The molecule has 1 aromatic heterocycles. The molecule has 1 saturated heterocycles. The number of alkyl halides is 3. The van der Waals surface area contributed by atoms with Crippen LogP contribution in [0.1, 0.15) is 5.82 Å². The Kier molecular flexibility index (Phi) is 2.11. The predicted octanol–water partition coefficient (Wildman–Crippen LogP) is 0.704. The zero-order valence-corrected chi connectivity index (χ0v) is 7.77. The highest BCUT2D eigenvalue weighted by Crippen LogP contribution is 2.31. The second-order valence-corrected chi connectivity index (χ2v) is 3.79. The van der Waals surface area contributed by atoms with E-state index in [0.717, 1.165) is 11.5 Å². The van der Waals surface area contributed by atoms with Gasteiger partial charge in [-0.25, -0.2) is 0 Å². The molecule has 0 unspecified atom stereocenters. The summed E-state index contributed by atoms with van der Waals surface area (Å²) in [6, 6.07) is 0.0354. The lowest BCUT2D eigenvalue weighted by molar-refractivity contribution is -0.144. The van der Waals surface area contributed by atoms with E-state index < -0.39 is 12.0 Å². The fraction of sp³-hybridized carbons (Fsp3) is 0.667. The molecule has 0 atom stereocenters. The molecule has 1 fully saturated rings. The van der Waals surface area contributed by atoms with Gasteiger partial charge < -0.3 is 10.6 Å². The number of nitrogens with two attached hydrogens (primary N) is 1. The second-order valence-electron chi connectivity index (χ2n) is 3.06. The standard InChI is InChI=1S/C6H7F3N4S/c7-6(8,9)4-11-5(14-12-4)13-1-3(10)2-13/h3H,1-2,10H2. The predicted molar refractivity (Wildman–Crippen MR) is 45.1 cm³/mol. The Morgan fingerprint density at radius 1 is 1.43 bits per heavy atom. The average molecular weight is 224 g/mol. The van der Waals surface area contributed by atoms with Crippen LogP contribution in [0.2, 0.25) is 0 Å². The van der Waals surface area contributed by atoms with E-state index in [1.165, 1.54) is 0 Å². The monoisotopic (exact) mass is 224 g/mol. The van der Waals surface area contributed by atoms with Gasteiger partial charge in [0.05, 0.1) is 0 Å². The smallest absolute Gasteiger partial charge is 0.344 e. The number of halogens is 3. The van der Waals surface area contributed by atoms with Crippen LogP contribution in [0, 0.1) is 0 Å². The van der Waals surface area contributed by atoms with Crippen molar-refractivity contribution in [1.82, 2.24) is 9.36 Å². The first-order valence-electron chi connectivity index (χ1n) is 3.88. The van der Waals surface area contributed by atoms with E-state index in [0.29, 0.717) is 18.2 Å². The summed E-state index contributed by atoms with van der Waals surface area (Å²) in [6.07, 6.45) is -4.46. The van der Waals surface area contributed by atoms with Gasteiger partial charge in [-0.2, -0.15) is 22.5 Å². The lowest BCUT2D eigenvalue weighted by atomic mass is 10.1. The maximum atomic E-state index is 12.1. The van der Waals surface area contributed by atoms with Crippen molar-refractivity contribution in [1.29, 1.82) is 0 Å². The van der Waals surface area contributed by atoms with Crippen LogP contribution in [0.3, 0.4) is 0 Å². The third-order valence-corrected chi connectivity index (χ3v) is 2.63. The molecule has 1 aliphatic heterocycles. The molecule has 0 radical (unpaired) electrons. The Morgan fingerprint density at radius 3 is 2.50 bits per heavy atom. The average Bonchev–Trinajstić information content (AvgIpc) is 2.45. The molecule has 0 aliphatic carbocycles. The van der Waals surface area contributed by atoms with E-state index in [-0.39, 0.29) is 6.04 Å². The molecule has 1 aliphatic rings. The van der Waals surface area contributed by atoms with Crippen molar-refractivity contribution in [2.24, 2.45) is 5.73 Å². The number of hydrogen-bond acceptors (Lipinski definition) is 5. The number of anilines is 1. The van der Waals surface area contributed by atoms with Crippen LogP contribution in [0.5, 0.6) is 0 Å². The van der Waals surface area contributed by atoms with Gasteiger partial charge in [0.1, 0.15) is 0 Å². The highest BCUT2D eigenvalue weighted by molar-refractivity contribution is 7.09. The summed E-state index contributed by atoms with van der Waals surface area (Å²) in [4.78, 5) is 5.07. The summed E-state index contributed by atoms with van der Waals surface area (Å²) in [5.41, 5.74) is 5.49. The number of aromatic nitrogens is 2. The molecule has 4 nitrogen and oxygen atoms in total. The molecule has 2 heterocycles. The molecule has 1 aromatic rings. The van der Waals surface area contributed by atoms with Crippen molar-refractivity contribution in [3.05, 3.63) is 5.82 Å². The summed E-state index contributed by atoms with van der Waals surface area (Å²) in [6.45, 7) is 1.10. The molecular formula is C6H7F3N4S. The summed E-state index contributed by atoms with van der Waals surface area (Å²) in [5.74, 6) is -1.07. The van der Waals surface area contributed by atoms with E-state index in [1.807, 2.05) is 0 Å². The van der Waals surface area contributed by atoms with Crippen LogP contribution in [0.25, 0.3) is 0 Å².